The van der Waals surface area contributed by atoms with Gasteiger partial charge in [0.25, 0.3) is 5.91 Å². The average molecular weight is 309 g/mol. The van der Waals surface area contributed by atoms with Crippen molar-refractivity contribution in [1.82, 2.24) is 4.90 Å². The second kappa shape index (κ2) is 7.07. The van der Waals surface area contributed by atoms with Gasteiger partial charge in [-0.3, -0.25) is 4.79 Å². The Balaban J connectivity index is 2.20. The number of esters is 1. The van der Waals surface area contributed by atoms with Crippen molar-refractivity contribution in [3.05, 3.63) is 21.4 Å². The Labute approximate surface area is 130 Å². The van der Waals surface area contributed by atoms with Crippen LogP contribution in [-0.4, -0.2) is 36.5 Å². The lowest BCUT2D eigenvalue weighted by molar-refractivity contribution is -0.147. The van der Waals surface area contributed by atoms with E-state index in [0.29, 0.717) is 13.0 Å². The summed E-state index contributed by atoms with van der Waals surface area (Å²) < 4.78 is 4.84. The normalized spacial score (nSPS) is 18.6. The number of carbonyl (C=O) groups excluding carboxylic acids is 2. The van der Waals surface area contributed by atoms with Gasteiger partial charge in [0.05, 0.1) is 12.0 Å². The zero-order valence-corrected chi connectivity index (χ0v) is 13.8. The number of amides is 1. The van der Waals surface area contributed by atoms with E-state index in [9.17, 15) is 9.59 Å². The van der Waals surface area contributed by atoms with E-state index < -0.39 is 6.04 Å². The van der Waals surface area contributed by atoms with E-state index in [2.05, 4.69) is 13.8 Å². The zero-order chi connectivity index (χ0) is 15.4. The van der Waals surface area contributed by atoms with Gasteiger partial charge in [-0.1, -0.05) is 13.3 Å². The van der Waals surface area contributed by atoms with Crippen LogP contribution in [0.2, 0.25) is 0 Å². The zero-order valence-electron chi connectivity index (χ0n) is 13.0. The quantitative estimate of drug-likeness (QED) is 0.803. The lowest BCUT2D eigenvalue weighted by Gasteiger charge is -2.33. The lowest BCUT2D eigenvalue weighted by Crippen LogP contribution is -2.48. The number of rotatable bonds is 4. The van der Waals surface area contributed by atoms with Crippen LogP contribution in [0.5, 0.6) is 0 Å². The molecule has 1 amide bonds. The molecule has 21 heavy (non-hydrogen) atoms. The van der Waals surface area contributed by atoms with Crippen molar-refractivity contribution in [3.8, 4) is 0 Å². The molecule has 1 aliphatic rings. The summed E-state index contributed by atoms with van der Waals surface area (Å²) in [5.74, 6) is -0.328. The number of hydrogen-bond donors (Lipinski definition) is 0. The van der Waals surface area contributed by atoms with Crippen LogP contribution in [0, 0.1) is 6.92 Å². The second-order valence-electron chi connectivity index (χ2n) is 5.48. The molecular weight excluding hydrogens is 286 g/mol. The second-order valence-corrected chi connectivity index (χ2v) is 6.73. The minimum absolute atomic E-state index is 0.0273. The number of piperidine rings is 1. The highest BCUT2D eigenvalue weighted by atomic mass is 32.1. The molecule has 1 fully saturated rings. The Kier molecular flexibility index (Phi) is 5.39. The van der Waals surface area contributed by atoms with Crippen molar-refractivity contribution in [1.29, 1.82) is 0 Å². The Hall–Kier alpha value is -1.36. The van der Waals surface area contributed by atoms with Crippen molar-refractivity contribution in [3.63, 3.8) is 0 Å². The first kappa shape index (κ1) is 16.0. The minimum Gasteiger partial charge on any atom is -0.467 e. The summed E-state index contributed by atoms with van der Waals surface area (Å²) >= 11 is 1.53. The number of thiophene rings is 1. The Morgan fingerprint density at radius 3 is 2.86 bits per heavy atom. The third-order valence-electron chi connectivity index (χ3n) is 3.99. The van der Waals surface area contributed by atoms with Crippen molar-refractivity contribution in [2.24, 2.45) is 0 Å². The number of hydrogen-bond acceptors (Lipinski definition) is 4. The molecule has 0 spiro atoms. The maximum absolute atomic E-state index is 12.7. The van der Waals surface area contributed by atoms with Crippen molar-refractivity contribution < 1.29 is 14.3 Å². The minimum atomic E-state index is -0.423. The third-order valence-corrected chi connectivity index (χ3v) is 5.07. The molecule has 0 aromatic carbocycles. The summed E-state index contributed by atoms with van der Waals surface area (Å²) in [5.41, 5.74) is 1.25. The fourth-order valence-electron chi connectivity index (χ4n) is 2.84. The van der Waals surface area contributed by atoms with Gasteiger partial charge in [-0.25, -0.2) is 4.79 Å². The predicted molar refractivity (Wildman–Crippen MR) is 83.7 cm³/mol. The molecule has 0 bridgehead atoms. The molecule has 1 saturated heterocycles. The molecule has 2 rings (SSSR count). The molecule has 1 aromatic heterocycles. The van der Waals surface area contributed by atoms with Gasteiger partial charge in [0, 0.05) is 11.4 Å². The van der Waals surface area contributed by atoms with Gasteiger partial charge in [-0.15, -0.1) is 11.3 Å². The molecule has 1 atom stereocenters. The molecule has 1 aliphatic heterocycles. The van der Waals surface area contributed by atoms with Crippen molar-refractivity contribution in [2.45, 2.75) is 52.0 Å². The van der Waals surface area contributed by atoms with Crippen LogP contribution < -0.4 is 0 Å². The van der Waals surface area contributed by atoms with Gasteiger partial charge >= 0.3 is 5.97 Å². The summed E-state index contributed by atoms with van der Waals surface area (Å²) in [5, 5.41) is 0. The summed E-state index contributed by atoms with van der Waals surface area (Å²) in [7, 11) is 1.38. The largest absolute Gasteiger partial charge is 0.467 e. The maximum Gasteiger partial charge on any atom is 0.328 e. The molecule has 0 N–H and O–H groups in total. The van der Waals surface area contributed by atoms with E-state index in [0.717, 1.165) is 30.6 Å². The molecule has 1 unspecified atom stereocenters. The third kappa shape index (κ3) is 3.46. The highest BCUT2D eigenvalue weighted by molar-refractivity contribution is 7.14. The highest BCUT2D eigenvalue weighted by Crippen LogP contribution is 2.27. The smallest absolute Gasteiger partial charge is 0.328 e. The van der Waals surface area contributed by atoms with Gasteiger partial charge < -0.3 is 9.64 Å². The van der Waals surface area contributed by atoms with Crippen molar-refractivity contribution >= 4 is 23.2 Å². The molecule has 0 aliphatic carbocycles. The van der Waals surface area contributed by atoms with E-state index in [1.807, 2.05) is 6.07 Å². The fourth-order valence-corrected chi connectivity index (χ4v) is 3.87. The van der Waals surface area contributed by atoms with E-state index in [1.165, 1.54) is 28.9 Å². The number of ether oxygens (including phenoxy) is 1. The summed E-state index contributed by atoms with van der Waals surface area (Å²) in [6, 6.07) is 1.57. The van der Waals surface area contributed by atoms with Crippen LogP contribution in [0.15, 0.2) is 6.07 Å². The first-order chi connectivity index (χ1) is 10.1. The molecule has 0 saturated carbocycles. The highest BCUT2D eigenvalue weighted by Gasteiger charge is 2.34. The van der Waals surface area contributed by atoms with Crippen LogP contribution in [0.25, 0.3) is 0 Å². The van der Waals surface area contributed by atoms with Gasteiger partial charge in [0.15, 0.2) is 0 Å². The molecule has 1 aromatic rings. The summed E-state index contributed by atoms with van der Waals surface area (Å²) in [4.78, 5) is 28.2. The topological polar surface area (TPSA) is 46.6 Å². The van der Waals surface area contributed by atoms with Crippen LogP contribution in [0.1, 0.15) is 52.7 Å². The van der Waals surface area contributed by atoms with Gasteiger partial charge in [-0.2, -0.15) is 0 Å². The molecule has 2 heterocycles. The number of carbonyl (C=O) groups is 2. The Morgan fingerprint density at radius 1 is 1.43 bits per heavy atom. The van der Waals surface area contributed by atoms with Crippen LogP contribution in [-0.2, 0) is 16.0 Å². The van der Waals surface area contributed by atoms with E-state index in [1.54, 1.807) is 4.90 Å². The Morgan fingerprint density at radius 2 is 2.19 bits per heavy atom. The first-order valence-electron chi connectivity index (χ1n) is 7.56. The average Bonchev–Trinajstić information content (AvgIpc) is 2.87. The molecule has 5 heteroatoms. The number of likely N-dealkylation sites (tertiary alicyclic amines) is 1. The molecule has 0 radical (unpaired) electrons. The summed E-state index contributed by atoms with van der Waals surface area (Å²) in [6.07, 6.45) is 4.68. The van der Waals surface area contributed by atoms with Crippen LogP contribution in [0.3, 0.4) is 0 Å². The van der Waals surface area contributed by atoms with Crippen molar-refractivity contribution in [2.75, 3.05) is 13.7 Å². The SMILES string of the molecule is CCCc1cc(C(=O)N2CCCCC2C(=O)OC)sc1C. The maximum atomic E-state index is 12.7. The monoisotopic (exact) mass is 309 g/mol. The molecule has 4 nitrogen and oxygen atoms in total. The van der Waals surface area contributed by atoms with Gasteiger partial charge in [0.1, 0.15) is 6.04 Å². The lowest BCUT2D eigenvalue weighted by atomic mass is 10.0. The standard InChI is InChI=1S/C16H23NO3S/c1-4-7-12-10-14(21-11(12)2)15(18)17-9-6-5-8-13(17)16(19)20-3/h10,13H,4-9H2,1-3H3. The predicted octanol–water partition coefficient (Wildman–Crippen LogP) is 3.18. The van der Waals surface area contributed by atoms with Crippen LogP contribution in [0.4, 0.5) is 0 Å². The first-order valence-corrected chi connectivity index (χ1v) is 8.38. The summed E-state index contributed by atoms with van der Waals surface area (Å²) in [6.45, 7) is 4.83. The van der Waals surface area contributed by atoms with E-state index in [4.69, 9.17) is 4.74 Å². The number of methoxy groups -OCH3 is 1. The number of aryl methyl sites for hydroxylation is 2. The number of nitrogens with zero attached hydrogens (tertiary/aromatic N) is 1. The molecule has 116 valence electrons. The van der Waals surface area contributed by atoms with Gasteiger partial charge in [0.2, 0.25) is 0 Å². The van der Waals surface area contributed by atoms with Gasteiger partial charge in [-0.05, 0) is 44.2 Å². The van der Waals surface area contributed by atoms with E-state index >= 15 is 0 Å². The fraction of sp³-hybridized carbons (Fsp3) is 0.625. The molecular formula is C16H23NO3S. The van der Waals surface area contributed by atoms with E-state index in [-0.39, 0.29) is 11.9 Å². The Bertz CT molecular complexity index is 524. The van der Waals surface area contributed by atoms with Crippen LogP contribution >= 0.6 is 11.3 Å².